The summed E-state index contributed by atoms with van der Waals surface area (Å²) in [6.07, 6.45) is 2.63. The normalized spacial score (nSPS) is 14.8. The summed E-state index contributed by atoms with van der Waals surface area (Å²) in [5.74, 6) is 2.65. The van der Waals surface area contributed by atoms with Gasteiger partial charge in [-0.2, -0.15) is 11.8 Å². The molecule has 2 aromatic rings. The summed E-state index contributed by atoms with van der Waals surface area (Å²) in [7, 11) is 0. The Labute approximate surface area is 102 Å². The van der Waals surface area contributed by atoms with Crippen molar-refractivity contribution in [3.05, 3.63) is 45.5 Å². The molecule has 0 radical (unpaired) electrons. The number of thioether (sulfide) groups is 1. The molecule has 2 nitrogen and oxygen atoms in total. The number of ketones is 1. The van der Waals surface area contributed by atoms with Crippen LogP contribution in [0.2, 0.25) is 0 Å². The van der Waals surface area contributed by atoms with Gasteiger partial charge in [-0.05, 0) is 35.9 Å². The summed E-state index contributed by atoms with van der Waals surface area (Å²) < 4.78 is 5.13. The standard InChI is InChI=1S/C12H10O2S2/c13-12(9-2-1-4-14-9)11-6-8-7-15-5-3-10(8)16-11/h1-2,4,6H,3,5,7H2. The van der Waals surface area contributed by atoms with E-state index in [2.05, 4.69) is 0 Å². The molecule has 82 valence electrons. The van der Waals surface area contributed by atoms with Gasteiger partial charge in [0, 0.05) is 10.6 Å². The van der Waals surface area contributed by atoms with Crippen LogP contribution in [-0.2, 0) is 12.2 Å². The Morgan fingerprint density at radius 1 is 1.44 bits per heavy atom. The minimum atomic E-state index is 0.00870. The molecule has 0 unspecified atom stereocenters. The highest BCUT2D eigenvalue weighted by Crippen LogP contribution is 2.32. The molecule has 4 heteroatoms. The molecule has 1 aliphatic heterocycles. The van der Waals surface area contributed by atoms with Crippen molar-refractivity contribution in [3.8, 4) is 0 Å². The summed E-state index contributed by atoms with van der Waals surface area (Å²) in [5, 5.41) is 0. The lowest BCUT2D eigenvalue weighted by Gasteiger charge is -2.08. The maximum absolute atomic E-state index is 12.0. The van der Waals surface area contributed by atoms with Crippen molar-refractivity contribution in [2.45, 2.75) is 12.2 Å². The molecular weight excluding hydrogens is 240 g/mol. The Hall–Kier alpha value is -1.000. The van der Waals surface area contributed by atoms with Gasteiger partial charge in [0.1, 0.15) is 0 Å². The number of aryl methyl sites for hydroxylation is 1. The van der Waals surface area contributed by atoms with Gasteiger partial charge in [0.05, 0.1) is 11.1 Å². The molecule has 0 saturated heterocycles. The first-order chi connectivity index (χ1) is 7.84. The van der Waals surface area contributed by atoms with E-state index in [1.165, 1.54) is 22.5 Å². The monoisotopic (exact) mass is 250 g/mol. The molecule has 3 heterocycles. The second kappa shape index (κ2) is 4.11. The van der Waals surface area contributed by atoms with E-state index in [1.807, 2.05) is 17.8 Å². The first-order valence-electron chi connectivity index (χ1n) is 5.12. The zero-order valence-electron chi connectivity index (χ0n) is 8.56. The number of carbonyl (C=O) groups excluding carboxylic acids is 1. The Morgan fingerprint density at radius 3 is 3.12 bits per heavy atom. The van der Waals surface area contributed by atoms with Gasteiger partial charge in [0.25, 0.3) is 0 Å². The largest absolute Gasteiger partial charge is 0.461 e. The van der Waals surface area contributed by atoms with E-state index in [0.717, 1.165) is 17.1 Å². The fourth-order valence-electron chi connectivity index (χ4n) is 1.79. The quantitative estimate of drug-likeness (QED) is 0.766. The summed E-state index contributed by atoms with van der Waals surface area (Å²) in [6.45, 7) is 0. The number of thiophene rings is 1. The van der Waals surface area contributed by atoms with E-state index >= 15 is 0 Å². The van der Waals surface area contributed by atoms with Crippen molar-refractivity contribution in [1.29, 1.82) is 0 Å². The fraction of sp³-hybridized carbons (Fsp3) is 0.250. The fourth-order valence-corrected chi connectivity index (χ4v) is 4.11. The molecule has 0 spiro atoms. The lowest BCUT2D eigenvalue weighted by Crippen LogP contribution is -1.96. The van der Waals surface area contributed by atoms with Crippen LogP contribution in [0.4, 0.5) is 0 Å². The zero-order valence-corrected chi connectivity index (χ0v) is 10.2. The number of hydrogen-bond donors (Lipinski definition) is 0. The smallest absolute Gasteiger partial charge is 0.238 e. The second-order valence-electron chi connectivity index (χ2n) is 3.67. The maximum Gasteiger partial charge on any atom is 0.238 e. The van der Waals surface area contributed by atoms with Crippen molar-refractivity contribution < 1.29 is 9.21 Å². The third-order valence-corrected chi connectivity index (χ3v) is 4.84. The van der Waals surface area contributed by atoms with Gasteiger partial charge in [-0.3, -0.25) is 4.79 Å². The zero-order chi connectivity index (χ0) is 11.0. The van der Waals surface area contributed by atoms with Crippen LogP contribution in [0.15, 0.2) is 28.9 Å². The van der Waals surface area contributed by atoms with Crippen LogP contribution in [0.1, 0.15) is 25.9 Å². The van der Waals surface area contributed by atoms with Gasteiger partial charge in [-0.15, -0.1) is 11.3 Å². The predicted octanol–water partition coefficient (Wildman–Crippen LogP) is 3.36. The molecule has 3 rings (SSSR count). The molecule has 0 aliphatic carbocycles. The van der Waals surface area contributed by atoms with Crippen LogP contribution in [-0.4, -0.2) is 11.5 Å². The maximum atomic E-state index is 12.0. The van der Waals surface area contributed by atoms with Crippen molar-refractivity contribution in [3.63, 3.8) is 0 Å². The Balaban J connectivity index is 1.95. The van der Waals surface area contributed by atoms with Crippen LogP contribution in [0, 0.1) is 0 Å². The Bertz CT molecular complexity index is 488. The molecular formula is C12H10O2S2. The molecule has 16 heavy (non-hydrogen) atoms. The third kappa shape index (κ3) is 1.72. The van der Waals surface area contributed by atoms with E-state index in [-0.39, 0.29) is 5.78 Å². The van der Waals surface area contributed by atoms with Crippen molar-refractivity contribution >= 4 is 28.9 Å². The summed E-state index contributed by atoms with van der Waals surface area (Å²) in [6, 6.07) is 5.49. The first-order valence-corrected chi connectivity index (χ1v) is 7.09. The van der Waals surface area contributed by atoms with Crippen molar-refractivity contribution in [2.24, 2.45) is 0 Å². The highest BCUT2D eigenvalue weighted by molar-refractivity contribution is 7.98. The van der Waals surface area contributed by atoms with Gasteiger partial charge in [0.2, 0.25) is 5.78 Å². The molecule has 0 bridgehead atoms. The molecule has 0 atom stereocenters. The highest BCUT2D eigenvalue weighted by Gasteiger charge is 2.19. The minimum absolute atomic E-state index is 0.00870. The molecule has 0 aromatic carbocycles. The van der Waals surface area contributed by atoms with Gasteiger partial charge in [-0.25, -0.2) is 0 Å². The van der Waals surface area contributed by atoms with Gasteiger partial charge < -0.3 is 4.42 Å². The van der Waals surface area contributed by atoms with E-state index < -0.39 is 0 Å². The van der Waals surface area contributed by atoms with E-state index in [0.29, 0.717) is 5.76 Å². The van der Waals surface area contributed by atoms with E-state index in [1.54, 1.807) is 23.5 Å². The van der Waals surface area contributed by atoms with Crippen molar-refractivity contribution in [1.82, 2.24) is 0 Å². The number of hydrogen-bond acceptors (Lipinski definition) is 4. The van der Waals surface area contributed by atoms with Gasteiger partial charge >= 0.3 is 0 Å². The first kappa shape index (κ1) is 10.2. The lowest BCUT2D eigenvalue weighted by molar-refractivity contribution is 0.101. The van der Waals surface area contributed by atoms with Crippen LogP contribution < -0.4 is 0 Å². The van der Waals surface area contributed by atoms with Crippen LogP contribution in [0.3, 0.4) is 0 Å². The average molecular weight is 250 g/mol. The highest BCUT2D eigenvalue weighted by atomic mass is 32.2. The summed E-state index contributed by atoms with van der Waals surface area (Å²) >= 11 is 3.55. The molecule has 0 amide bonds. The molecule has 0 saturated carbocycles. The van der Waals surface area contributed by atoms with Crippen molar-refractivity contribution in [2.75, 3.05) is 5.75 Å². The molecule has 0 fully saturated rings. The van der Waals surface area contributed by atoms with E-state index in [9.17, 15) is 4.79 Å². The Morgan fingerprint density at radius 2 is 2.38 bits per heavy atom. The summed E-state index contributed by atoms with van der Waals surface area (Å²) in [4.78, 5) is 14.2. The predicted molar refractivity (Wildman–Crippen MR) is 66.3 cm³/mol. The number of carbonyl (C=O) groups is 1. The second-order valence-corrected chi connectivity index (χ2v) is 5.91. The Kier molecular flexibility index (Phi) is 2.61. The number of fused-ring (bicyclic) bond motifs is 1. The van der Waals surface area contributed by atoms with Crippen LogP contribution in [0.25, 0.3) is 0 Å². The lowest BCUT2D eigenvalue weighted by atomic mass is 10.2. The average Bonchev–Trinajstić information content (AvgIpc) is 2.97. The summed E-state index contributed by atoms with van der Waals surface area (Å²) in [5.41, 5.74) is 1.33. The molecule has 2 aromatic heterocycles. The SMILES string of the molecule is O=C(c1ccco1)c1cc2c(s1)CCSC2. The number of rotatable bonds is 2. The minimum Gasteiger partial charge on any atom is -0.461 e. The van der Waals surface area contributed by atoms with E-state index in [4.69, 9.17) is 4.42 Å². The number of furan rings is 1. The molecule has 1 aliphatic rings. The van der Waals surface area contributed by atoms with Crippen LogP contribution in [0.5, 0.6) is 0 Å². The third-order valence-electron chi connectivity index (χ3n) is 2.60. The van der Waals surface area contributed by atoms with Crippen LogP contribution >= 0.6 is 23.1 Å². The van der Waals surface area contributed by atoms with Gasteiger partial charge in [-0.1, -0.05) is 0 Å². The molecule has 0 N–H and O–H groups in total. The topological polar surface area (TPSA) is 30.2 Å². The van der Waals surface area contributed by atoms with Gasteiger partial charge in [0.15, 0.2) is 5.76 Å².